The van der Waals surface area contributed by atoms with Crippen molar-refractivity contribution in [2.75, 3.05) is 5.08 Å². The third kappa shape index (κ3) is 0.763. The van der Waals surface area contributed by atoms with Gasteiger partial charge in [0.2, 0.25) is 0 Å². The van der Waals surface area contributed by atoms with Gasteiger partial charge in [0.05, 0.1) is 0 Å². The summed E-state index contributed by atoms with van der Waals surface area (Å²) in [6, 6.07) is 0. The van der Waals surface area contributed by atoms with Crippen molar-refractivity contribution in [3.8, 4) is 0 Å². The maximum Gasteiger partial charge on any atom is 0.0490 e. The molecule has 1 fully saturated rings. The zero-order valence-electron chi connectivity index (χ0n) is 3.10. The molecule has 0 radical (unpaired) electrons. The highest BCUT2D eigenvalue weighted by Crippen LogP contribution is 2.37. The van der Waals surface area contributed by atoms with Crippen LogP contribution in [0.15, 0.2) is 0 Å². The van der Waals surface area contributed by atoms with Gasteiger partial charge in [-0.15, -0.1) is 23.5 Å². The highest BCUT2D eigenvalue weighted by molar-refractivity contribution is 8.32. The van der Waals surface area contributed by atoms with Crippen LogP contribution >= 0.6 is 23.5 Å². The molecule has 0 aromatic heterocycles. The minimum Gasteiger partial charge on any atom is -0.137 e. The van der Waals surface area contributed by atoms with Crippen molar-refractivity contribution in [3.05, 3.63) is 0 Å². The highest BCUT2D eigenvalue weighted by Gasteiger charge is 2.10. The van der Waals surface area contributed by atoms with Crippen LogP contribution in [-0.2, 0) is 0 Å². The van der Waals surface area contributed by atoms with Crippen LogP contribution in [0.5, 0.6) is 0 Å². The Balaban J connectivity index is 2.08. The van der Waals surface area contributed by atoms with Crippen LogP contribution in [0, 0.1) is 0 Å². The van der Waals surface area contributed by atoms with E-state index in [4.69, 9.17) is 0 Å². The molecule has 0 aromatic rings. The van der Waals surface area contributed by atoms with E-state index in [2.05, 4.69) is 6.92 Å². The molecule has 0 amide bonds. The first-order chi connectivity index (χ1) is 2.39. The van der Waals surface area contributed by atoms with Crippen LogP contribution < -0.4 is 0 Å². The van der Waals surface area contributed by atoms with Crippen molar-refractivity contribution in [1.82, 2.24) is 0 Å². The number of hydrogen-bond donors (Lipinski definition) is 0. The number of thioether (sulfide) groups is 2. The summed E-state index contributed by atoms with van der Waals surface area (Å²) in [5.74, 6) is 0. The third-order valence-corrected chi connectivity index (χ3v) is 3.45. The van der Waals surface area contributed by atoms with Crippen molar-refractivity contribution in [2.24, 2.45) is 0 Å². The summed E-state index contributed by atoms with van der Waals surface area (Å²) < 4.78 is 0.898. The molecule has 1 heterocycles. The molecule has 0 aliphatic carbocycles. The van der Waals surface area contributed by atoms with Gasteiger partial charge in [-0.1, -0.05) is 0 Å². The van der Waals surface area contributed by atoms with Gasteiger partial charge in [-0.3, -0.25) is 0 Å². The van der Waals surface area contributed by atoms with Gasteiger partial charge < -0.3 is 0 Å². The molecule has 0 saturated carbocycles. The Kier molecular flexibility index (Phi) is 1.11. The van der Waals surface area contributed by atoms with E-state index in [9.17, 15) is 0 Å². The molecule has 0 spiro atoms. The second-order valence-electron chi connectivity index (χ2n) is 1.02. The summed E-state index contributed by atoms with van der Waals surface area (Å²) in [4.78, 5) is 0. The Labute approximate surface area is 40.7 Å². The normalized spacial score (nSPS) is 25.8. The third-order valence-electron chi connectivity index (χ3n) is 0.605. The maximum absolute atomic E-state index is 2.23. The molecule has 0 N–H and O–H groups in total. The van der Waals surface area contributed by atoms with Gasteiger partial charge in [0.15, 0.2) is 0 Å². The van der Waals surface area contributed by atoms with Crippen LogP contribution in [0.4, 0.5) is 0 Å². The summed E-state index contributed by atoms with van der Waals surface area (Å²) in [7, 11) is 0. The quantitative estimate of drug-likeness (QED) is 0.461. The molecule has 1 aliphatic heterocycles. The van der Waals surface area contributed by atoms with E-state index in [-0.39, 0.29) is 0 Å². The summed E-state index contributed by atoms with van der Waals surface area (Å²) in [6.45, 7) is 2.23. The number of rotatable bonds is 0. The lowest BCUT2D eigenvalue weighted by atomic mass is 11.0. The molecule has 0 aromatic carbocycles. The Morgan fingerprint density at radius 2 is 2.00 bits per heavy atom. The molecule has 0 nitrogen and oxygen atoms in total. The fourth-order valence-corrected chi connectivity index (χ4v) is 1.84. The smallest absolute Gasteiger partial charge is 0.0490 e. The Morgan fingerprint density at radius 3 is 2.00 bits per heavy atom. The Bertz CT molecular complexity index is 31.9. The van der Waals surface area contributed by atoms with Crippen LogP contribution in [0.1, 0.15) is 6.92 Å². The fourth-order valence-electron chi connectivity index (χ4n) is 0.204. The summed E-state index contributed by atoms with van der Waals surface area (Å²) in [5.41, 5.74) is 0. The van der Waals surface area contributed by atoms with Crippen LogP contribution in [0.25, 0.3) is 0 Å². The van der Waals surface area contributed by atoms with Gasteiger partial charge >= 0.3 is 0 Å². The van der Waals surface area contributed by atoms with Gasteiger partial charge in [0, 0.05) is 9.67 Å². The SMILES string of the molecule is CC1SCS1. The van der Waals surface area contributed by atoms with Gasteiger partial charge in [-0.25, -0.2) is 0 Å². The molecular formula is C3H6S2. The lowest BCUT2D eigenvalue weighted by Crippen LogP contribution is -1.99. The van der Waals surface area contributed by atoms with E-state index in [0.29, 0.717) is 0 Å². The first-order valence-corrected chi connectivity index (χ1v) is 3.72. The Hall–Kier alpha value is 0.700. The zero-order chi connectivity index (χ0) is 3.70. The summed E-state index contributed by atoms with van der Waals surface area (Å²) in [5, 5.41) is 1.32. The molecule has 1 aliphatic rings. The number of hydrogen-bond acceptors (Lipinski definition) is 2. The molecule has 1 saturated heterocycles. The molecule has 5 heavy (non-hydrogen) atoms. The topological polar surface area (TPSA) is 0 Å². The van der Waals surface area contributed by atoms with Crippen molar-refractivity contribution in [1.29, 1.82) is 0 Å². The maximum atomic E-state index is 2.23. The van der Waals surface area contributed by atoms with Crippen LogP contribution in [0.2, 0.25) is 0 Å². The first-order valence-electron chi connectivity index (χ1n) is 1.63. The van der Waals surface area contributed by atoms with Gasteiger partial charge in [-0.05, 0) is 6.92 Å². The molecule has 30 valence electrons. The second-order valence-corrected chi connectivity index (χ2v) is 4.34. The largest absolute Gasteiger partial charge is 0.137 e. The Morgan fingerprint density at radius 1 is 1.60 bits per heavy atom. The molecule has 0 unspecified atom stereocenters. The van der Waals surface area contributed by atoms with Crippen molar-refractivity contribution < 1.29 is 0 Å². The van der Waals surface area contributed by atoms with E-state index < -0.39 is 0 Å². The zero-order valence-corrected chi connectivity index (χ0v) is 4.73. The van der Waals surface area contributed by atoms with E-state index in [0.717, 1.165) is 4.58 Å². The summed E-state index contributed by atoms with van der Waals surface area (Å²) in [6.07, 6.45) is 0. The van der Waals surface area contributed by atoms with E-state index >= 15 is 0 Å². The standard InChI is InChI=1S/C3H6S2/c1-3-4-2-5-3/h3H,2H2,1H3. The molecule has 2 heteroatoms. The van der Waals surface area contributed by atoms with Crippen molar-refractivity contribution in [2.45, 2.75) is 11.5 Å². The molecular weight excluding hydrogens is 100 g/mol. The minimum absolute atomic E-state index is 0.898. The lowest BCUT2D eigenvalue weighted by molar-refractivity contribution is 1.40. The van der Waals surface area contributed by atoms with Gasteiger partial charge in [0.1, 0.15) is 0 Å². The molecule has 0 atom stereocenters. The van der Waals surface area contributed by atoms with Crippen molar-refractivity contribution in [3.63, 3.8) is 0 Å². The second kappa shape index (κ2) is 1.43. The van der Waals surface area contributed by atoms with Crippen LogP contribution in [-0.4, -0.2) is 9.67 Å². The van der Waals surface area contributed by atoms with Gasteiger partial charge in [-0.2, -0.15) is 0 Å². The lowest BCUT2D eigenvalue weighted by Gasteiger charge is -2.18. The van der Waals surface area contributed by atoms with E-state index in [1.807, 2.05) is 23.5 Å². The fraction of sp³-hybridized carbons (Fsp3) is 1.00. The van der Waals surface area contributed by atoms with E-state index in [1.165, 1.54) is 5.08 Å². The predicted octanol–water partition coefficient (Wildman–Crippen LogP) is 1.77. The predicted molar refractivity (Wildman–Crippen MR) is 29.5 cm³/mol. The monoisotopic (exact) mass is 106 g/mol. The van der Waals surface area contributed by atoms with Gasteiger partial charge in [0.25, 0.3) is 0 Å². The molecule has 1 rings (SSSR count). The molecule has 0 bridgehead atoms. The van der Waals surface area contributed by atoms with Crippen molar-refractivity contribution >= 4 is 23.5 Å². The first kappa shape index (κ1) is 3.88. The minimum atomic E-state index is 0.898. The average molecular weight is 106 g/mol. The highest BCUT2D eigenvalue weighted by atomic mass is 32.3. The summed E-state index contributed by atoms with van der Waals surface area (Å²) >= 11 is 4.05. The van der Waals surface area contributed by atoms with Crippen LogP contribution in [0.3, 0.4) is 0 Å². The average Bonchev–Trinajstić information content (AvgIpc) is 1.30. The van der Waals surface area contributed by atoms with E-state index in [1.54, 1.807) is 0 Å².